The van der Waals surface area contributed by atoms with E-state index < -0.39 is 5.97 Å². The van der Waals surface area contributed by atoms with Crippen molar-refractivity contribution in [1.29, 1.82) is 0 Å². The van der Waals surface area contributed by atoms with E-state index in [-0.39, 0.29) is 11.6 Å². The molecule has 0 radical (unpaired) electrons. The second kappa shape index (κ2) is 7.52. The molecule has 3 aromatic heterocycles. The molecule has 0 amide bonds. The Labute approximate surface area is 144 Å². The average molecular weight is 338 g/mol. The summed E-state index contributed by atoms with van der Waals surface area (Å²) in [6.07, 6.45) is 9.39. The first-order chi connectivity index (χ1) is 12.2. The molecule has 0 saturated heterocycles. The average Bonchev–Trinajstić information content (AvgIpc) is 3.14. The molecule has 0 aromatic carbocycles. The summed E-state index contributed by atoms with van der Waals surface area (Å²) in [7, 11) is 0. The van der Waals surface area contributed by atoms with Gasteiger partial charge in [-0.1, -0.05) is 6.92 Å². The van der Waals surface area contributed by atoms with Gasteiger partial charge < -0.3 is 15.0 Å². The quantitative estimate of drug-likeness (QED) is 0.681. The third-order valence-corrected chi connectivity index (χ3v) is 3.74. The van der Waals surface area contributed by atoms with E-state index in [0.717, 1.165) is 13.0 Å². The zero-order valence-electron chi connectivity index (χ0n) is 13.7. The number of aromatic carboxylic acids is 1. The van der Waals surface area contributed by atoms with Gasteiger partial charge in [-0.05, 0) is 24.6 Å². The Morgan fingerprint density at radius 2 is 2.08 bits per heavy atom. The number of nitrogens with zero attached hydrogens (tertiary/aromatic N) is 5. The summed E-state index contributed by atoms with van der Waals surface area (Å²) in [5, 5.41) is 12.4. The van der Waals surface area contributed by atoms with Crippen LogP contribution in [0.25, 0.3) is 11.4 Å². The van der Waals surface area contributed by atoms with E-state index in [1.54, 1.807) is 24.8 Å². The molecule has 3 rings (SSSR count). The van der Waals surface area contributed by atoms with E-state index in [1.807, 2.05) is 10.8 Å². The molecule has 0 aliphatic carbocycles. The molecule has 0 bridgehead atoms. The van der Waals surface area contributed by atoms with Crippen molar-refractivity contribution in [2.45, 2.75) is 25.9 Å². The van der Waals surface area contributed by atoms with Crippen molar-refractivity contribution in [2.75, 3.05) is 5.32 Å². The van der Waals surface area contributed by atoms with Gasteiger partial charge >= 0.3 is 5.97 Å². The monoisotopic (exact) mass is 338 g/mol. The molecule has 0 spiro atoms. The fourth-order valence-electron chi connectivity index (χ4n) is 2.38. The van der Waals surface area contributed by atoms with E-state index >= 15 is 0 Å². The van der Waals surface area contributed by atoms with E-state index in [4.69, 9.17) is 5.11 Å². The smallest absolute Gasteiger partial charge is 0.335 e. The van der Waals surface area contributed by atoms with Gasteiger partial charge in [0.05, 0.1) is 23.3 Å². The molecule has 1 atom stereocenters. The molecule has 3 aromatic rings. The van der Waals surface area contributed by atoms with Gasteiger partial charge in [0.1, 0.15) is 0 Å². The summed E-state index contributed by atoms with van der Waals surface area (Å²) < 4.78 is 1.99. The van der Waals surface area contributed by atoms with Crippen LogP contribution in [0.4, 0.5) is 5.95 Å². The maximum atomic E-state index is 11.1. The number of carbonyl (C=O) groups is 1. The Morgan fingerprint density at radius 1 is 1.24 bits per heavy atom. The number of imidazole rings is 1. The fraction of sp³-hybridized carbons (Fsp3) is 0.235. The van der Waals surface area contributed by atoms with Crippen molar-refractivity contribution in [1.82, 2.24) is 24.5 Å². The molecule has 8 nitrogen and oxygen atoms in total. The zero-order chi connectivity index (χ0) is 17.6. The number of aromatic nitrogens is 5. The SMILES string of the molecule is CC[C@@H](Cn1ccnc1)Nc1nccc(-c2cc(C(=O)O)ccn2)n1. The first kappa shape index (κ1) is 16.6. The topological polar surface area (TPSA) is 106 Å². The lowest BCUT2D eigenvalue weighted by molar-refractivity contribution is 0.0697. The second-order valence-electron chi connectivity index (χ2n) is 5.51. The van der Waals surface area contributed by atoms with Crippen LogP contribution in [-0.2, 0) is 6.54 Å². The molecule has 0 saturated carbocycles. The molecular formula is C17H18N6O2. The molecular weight excluding hydrogens is 320 g/mol. The maximum Gasteiger partial charge on any atom is 0.335 e. The van der Waals surface area contributed by atoms with Crippen LogP contribution in [0.15, 0.2) is 49.3 Å². The number of carboxylic acid groups (broad SMARTS) is 1. The number of hydrogen-bond acceptors (Lipinski definition) is 6. The first-order valence-electron chi connectivity index (χ1n) is 7.90. The first-order valence-corrected chi connectivity index (χ1v) is 7.90. The van der Waals surface area contributed by atoms with Crippen LogP contribution in [0.3, 0.4) is 0 Å². The van der Waals surface area contributed by atoms with Crippen molar-refractivity contribution in [3.63, 3.8) is 0 Å². The van der Waals surface area contributed by atoms with E-state index in [2.05, 4.69) is 32.2 Å². The minimum Gasteiger partial charge on any atom is -0.478 e. The Balaban J connectivity index is 1.79. The van der Waals surface area contributed by atoms with E-state index in [1.165, 1.54) is 18.3 Å². The molecule has 8 heteroatoms. The van der Waals surface area contributed by atoms with Gasteiger partial charge in [-0.3, -0.25) is 4.98 Å². The minimum absolute atomic E-state index is 0.141. The number of carboxylic acids is 1. The Kier molecular flexibility index (Phi) is 4.98. The van der Waals surface area contributed by atoms with Gasteiger partial charge in [-0.15, -0.1) is 0 Å². The van der Waals surface area contributed by atoms with Crippen molar-refractivity contribution in [3.8, 4) is 11.4 Å². The molecule has 0 unspecified atom stereocenters. The lowest BCUT2D eigenvalue weighted by atomic mass is 10.2. The predicted molar refractivity (Wildman–Crippen MR) is 92.2 cm³/mol. The van der Waals surface area contributed by atoms with Crippen molar-refractivity contribution in [2.24, 2.45) is 0 Å². The Hall–Kier alpha value is -3.29. The van der Waals surface area contributed by atoms with Gasteiger partial charge in [-0.25, -0.2) is 19.7 Å². The van der Waals surface area contributed by atoms with Gasteiger partial charge in [0, 0.05) is 37.4 Å². The summed E-state index contributed by atoms with van der Waals surface area (Å²) in [5.41, 5.74) is 1.23. The number of anilines is 1. The summed E-state index contributed by atoms with van der Waals surface area (Å²) in [4.78, 5) is 28.1. The fourth-order valence-corrected chi connectivity index (χ4v) is 2.38. The number of pyridine rings is 1. The highest BCUT2D eigenvalue weighted by Gasteiger charge is 2.11. The second-order valence-corrected chi connectivity index (χ2v) is 5.51. The Bertz CT molecular complexity index is 850. The molecule has 3 heterocycles. The van der Waals surface area contributed by atoms with Crippen LogP contribution in [0.2, 0.25) is 0 Å². The van der Waals surface area contributed by atoms with Gasteiger partial charge in [0.2, 0.25) is 5.95 Å². The largest absolute Gasteiger partial charge is 0.478 e. The molecule has 0 fully saturated rings. The lowest BCUT2D eigenvalue weighted by Crippen LogP contribution is -2.25. The third-order valence-electron chi connectivity index (χ3n) is 3.74. The molecule has 128 valence electrons. The van der Waals surface area contributed by atoms with Gasteiger partial charge in [0.15, 0.2) is 0 Å². The summed E-state index contributed by atoms with van der Waals surface area (Å²) >= 11 is 0. The third kappa shape index (κ3) is 4.17. The van der Waals surface area contributed by atoms with Gasteiger partial charge in [-0.2, -0.15) is 0 Å². The zero-order valence-corrected chi connectivity index (χ0v) is 13.7. The highest BCUT2D eigenvalue weighted by molar-refractivity contribution is 5.88. The van der Waals surface area contributed by atoms with E-state index in [9.17, 15) is 4.79 Å². The lowest BCUT2D eigenvalue weighted by Gasteiger charge is -2.17. The van der Waals surface area contributed by atoms with Crippen LogP contribution < -0.4 is 5.32 Å². The normalized spacial score (nSPS) is 11.9. The van der Waals surface area contributed by atoms with Crippen LogP contribution in [-0.4, -0.2) is 41.6 Å². The number of hydrogen-bond donors (Lipinski definition) is 2. The van der Waals surface area contributed by atoms with Crippen molar-refractivity contribution >= 4 is 11.9 Å². The summed E-state index contributed by atoms with van der Waals surface area (Å²) in [5.74, 6) is -0.519. The number of rotatable bonds is 7. The molecule has 25 heavy (non-hydrogen) atoms. The van der Waals surface area contributed by atoms with E-state index in [0.29, 0.717) is 17.3 Å². The Morgan fingerprint density at radius 3 is 2.80 bits per heavy atom. The number of nitrogens with one attached hydrogen (secondary N) is 1. The van der Waals surface area contributed by atoms with Crippen LogP contribution in [0.1, 0.15) is 23.7 Å². The standard InChI is InChI=1S/C17H18N6O2/c1-2-13(10-23-8-7-18-11-23)21-17-20-6-4-14(22-17)15-9-12(16(24)25)3-5-19-15/h3-9,11,13H,2,10H2,1H3,(H,24,25)(H,20,21,22)/t13-/m0/s1. The molecule has 0 aliphatic rings. The van der Waals surface area contributed by atoms with Crippen LogP contribution >= 0.6 is 0 Å². The van der Waals surface area contributed by atoms with Gasteiger partial charge in [0.25, 0.3) is 0 Å². The maximum absolute atomic E-state index is 11.1. The van der Waals surface area contributed by atoms with Crippen molar-refractivity contribution in [3.05, 3.63) is 54.9 Å². The summed E-state index contributed by atoms with van der Waals surface area (Å²) in [6.45, 7) is 2.83. The molecule has 0 aliphatic heterocycles. The minimum atomic E-state index is -0.998. The molecule has 2 N–H and O–H groups in total. The van der Waals surface area contributed by atoms with Crippen LogP contribution in [0, 0.1) is 0 Å². The highest BCUT2D eigenvalue weighted by Crippen LogP contribution is 2.17. The highest BCUT2D eigenvalue weighted by atomic mass is 16.4. The predicted octanol–water partition coefficient (Wildman–Crippen LogP) is 2.32. The summed E-state index contributed by atoms with van der Waals surface area (Å²) in [6, 6.07) is 4.79. The van der Waals surface area contributed by atoms with Crippen molar-refractivity contribution < 1.29 is 9.90 Å². The van der Waals surface area contributed by atoms with Crippen LogP contribution in [0.5, 0.6) is 0 Å².